The van der Waals surface area contributed by atoms with Crippen LogP contribution in [0.3, 0.4) is 0 Å². The average Bonchev–Trinajstić information content (AvgIpc) is 2.76. The molecule has 1 atom stereocenters. The number of likely N-dealkylation sites (tertiary alicyclic amines) is 1. The molecule has 2 aromatic rings. The number of aryl methyl sites for hydroxylation is 1. The second-order valence-corrected chi connectivity index (χ2v) is 7.88. The smallest absolute Gasteiger partial charge is 0.248 e. The monoisotopic (exact) mass is 412 g/mol. The van der Waals surface area contributed by atoms with Gasteiger partial charge >= 0.3 is 0 Å². The van der Waals surface area contributed by atoms with Gasteiger partial charge in [-0.1, -0.05) is 18.2 Å². The number of fused-ring (bicyclic) bond motifs is 1. The van der Waals surface area contributed by atoms with E-state index in [1.54, 1.807) is 28.0 Å². The fourth-order valence-corrected chi connectivity index (χ4v) is 4.26. The fraction of sp³-hybridized carbons (Fsp3) is 0.455. The second kappa shape index (κ2) is 8.47. The number of anilines is 1. The normalized spacial score (nSPS) is 19.0. The number of amides is 2. The molecule has 1 aromatic heterocycles. The van der Waals surface area contributed by atoms with Gasteiger partial charge in [-0.2, -0.15) is 0 Å². The van der Waals surface area contributed by atoms with Crippen molar-refractivity contribution in [3.05, 3.63) is 52.7 Å². The molecule has 158 valence electrons. The number of halogens is 1. The molecule has 0 saturated carbocycles. The molecular formula is C22H25FN4O3. The van der Waals surface area contributed by atoms with Gasteiger partial charge in [-0.05, 0) is 32.3 Å². The lowest BCUT2D eigenvalue weighted by Gasteiger charge is -2.33. The third-order valence-electron chi connectivity index (χ3n) is 5.92. The zero-order valence-corrected chi connectivity index (χ0v) is 17.0. The average molecular weight is 412 g/mol. The number of carbonyl (C=O) groups is 2. The summed E-state index contributed by atoms with van der Waals surface area (Å²) in [7, 11) is 0. The van der Waals surface area contributed by atoms with Crippen molar-refractivity contribution in [1.29, 1.82) is 0 Å². The van der Waals surface area contributed by atoms with Crippen molar-refractivity contribution >= 4 is 17.6 Å². The minimum atomic E-state index is -0.512. The Morgan fingerprint density at radius 2 is 2.07 bits per heavy atom. The van der Waals surface area contributed by atoms with E-state index in [4.69, 9.17) is 9.97 Å². The maximum absolute atomic E-state index is 14.2. The quantitative estimate of drug-likeness (QED) is 0.831. The van der Waals surface area contributed by atoms with Crippen LogP contribution in [0.25, 0.3) is 0 Å². The number of aromatic nitrogens is 2. The van der Waals surface area contributed by atoms with E-state index in [-0.39, 0.29) is 30.1 Å². The van der Waals surface area contributed by atoms with E-state index in [2.05, 4.69) is 0 Å². The van der Waals surface area contributed by atoms with Gasteiger partial charge in [-0.3, -0.25) is 14.5 Å². The zero-order chi connectivity index (χ0) is 21.3. The van der Waals surface area contributed by atoms with Crippen molar-refractivity contribution < 1.29 is 19.1 Å². The van der Waals surface area contributed by atoms with Gasteiger partial charge in [0.15, 0.2) is 0 Å². The number of hydrogen-bond donors (Lipinski definition) is 1. The minimum Gasteiger partial charge on any atom is -0.387 e. The van der Waals surface area contributed by atoms with Gasteiger partial charge in [0, 0.05) is 42.2 Å². The summed E-state index contributed by atoms with van der Waals surface area (Å²) in [4.78, 5) is 37.3. The standard InChI is InChI=1S/C22H25FN4O3/c1-14-17-8-9-19(29)27(12-15-5-2-3-7-18(15)23)22(17)25-21(24-14)16-6-4-10-26(11-16)20(30)13-28/h2-3,5,7,16,28H,4,6,8-13H2,1H3/t16-/m1/s1. The molecule has 2 aliphatic heterocycles. The molecule has 1 aromatic carbocycles. The molecule has 2 amide bonds. The number of hydrogen-bond acceptors (Lipinski definition) is 5. The first-order chi connectivity index (χ1) is 14.5. The van der Waals surface area contributed by atoms with Gasteiger partial charge in [-0.25, -0.2) is 14.4 Å². The Hall–Kier alpha value is -2.87. The van der Waals surface area contributed by atoms with Gasteiger partial charge in [-0.15, -0.1) is 0 Å². The molecule has 2 aliphatic rings. The number of aliphatic hydroxyl groups is 1. The molecular weight excluding hydrogens is 387 g/mol. The number of nitrogens with zero attached hydrogens (tertiary/aromatic N) is 4. The summed E-state index contributed by atoms with van der Waals surface area (Å²) in [5.41, 5.74) is 2.16. The number of aliphatic hydroxyl groups excluding tert-OH is 1. The first-order valence-electron chi connectivity index (χ1n) is 10.3. The van der Waals surface area contributed by atoms with Crippen LogP contribution in [0.15, 0.2) is 24.3 Å². The molecule has 0 spiro atoms. The van der Waals surface area contributed by atoms with Crippen LogP contribution in [0.1, 0.15) is 47.8 Å². The largest absolute Gasteiger partial charge is 0.387 e. The van der Waals surface area contributed by atoms with Gasteiger partial charge in [0.1, 0.15) is 24.1 Å². The molecule has 0 bridgehead atoms. The molecule has 1 saturated heterocycles. The Morgan fingerprint density at radius 3 is 2.83 bits per heavy atom. The predicted molar refractivity (Wildman–Crippen MR) is 108 cm³/mol. The van der Waals surface area contributed by atoms with Crippen molar-refractivity contribution in [2.75, 3.05) is 24.6 Å². The van der Waals surface area contributed by atoms with Crippen molar-refractivity contribution in [3.63, 3.8) is 0 Å². The summed E-state index contributed by atoms with van der Waals surface area (Å²) >= 11 is 0. The molecule has 0 unspecified atom stereocenters. The topological polar surface area (TPSA) is 86.6 Å². The highest BCUT2D eigenvalue weighted by molar-refractivity contribution is 5.95. The number of carbonyl (C=O) groups excluding carboxylic acids is 2. The summed E-state index contributed by atoms with van der Waals surface area (Å²) in [6, 6.07) is 6.43. The lowest BCUT2D eigenvalue weighted by atomic mass is 9.95. The first kappa shape index (κ1) is 20.4. The number of piperidine rings is 1. The van der Waals surface area contributed by atoms with Gasteiger partial charge in [0.05, 0.1) is 6.54 Å². The summed E-state index contributed by atoms with van der Waals surface area (Å²) in [5.74, 6) is 0.332. The number of rotatable bonds is 4. The van der Waals surface area contributed by atoms with E-state index < -0.39 is 6.61 Å². The van der Waals surface area contributed by atoms with Gasteiger partial charge in [0.2, 0.25) is 11.8 Å². The van der Waals surface area contributed by atoms with Crippen LogP contribution in [0.4, 0.5) is 10.2 Å². The molecule has 0 aliphatic carbocycles. The zero-order valence-electron chi connectivity index (χ0n) is 17.0. The highest BCUT2D eigenvalue weighted by Gasteiger charge is 2.32. The van der Waals surface area contributed by atoms with E-state index in [1.807, 2.05) is 6.92 Å². The van der Waals surface area contributed by atoms with E-state index >= 15 is 0 Å². The maximum Gasteiger partial charge on any atom is 0.248 e. The lowest BCUT2D eigenvalue weighted by Crippen LogP contribution is -2.41. The lowest BCUT2D eigenvalue weighted by molar-refractivity contribution is -0.135. The first-order valence-corrected chi connectivity index (χ1v) is 10.3. The molecule has 7 nitrogen and oxygen atoms in total. The molecule has 0 radical (unpaired) electrons. The molecule has 8 heteroatoms. The minimum absolute atomic E-state index is 0.0643. The van der Waals surface area contributed by atoms with Crippen molar-refractivity contribution in [2.24, 2.45) is 0 Å². The highest BCUT2D eigenvalue weighted by atomic mass is 19.1. The molecule has 1 N–H and O–H groups in total. The molecule has 30 heavy (non-hydrogen) atoms. The molecule has 3 heterocycles. The summed E-state index contributed by atoms with van der Waals surface area (Å²) in [6.45, 7) is 2.56. The molecule has 4 rings (SSSR count). The SMILES string of the molecule is Cc1nc([C@@H]2CCCN(C(=O)CO)C2)nc2c1CCC(=O)N2Cc1ccccc1F. The Bertz CT molecular complexity index is 981. The highest BCUT2D eigenvalue weighted by Crippen LogP contribution is 2.33. The van der Waals surface area contributed by atoms with Crippen LogP contribution in [-0.2, 0) is 22.6 Å². The predicted octanol–water partition coefficient (Wildman–Crippen LogP) is 2.10. The van der Waals surface area contributed by atoms with E-state index in [9.17, 15) is 19.1 Å². The third-order valence-corrected chi connectivity index (χ3v) is 5.92. The summed E-state index contributed by atoms with van der Waals surface area (Å²) in [6.07, 6.45) is 2.53. The van der Waals surface area contributed by atoms with Gasteiger partial charge in [0.25, 0.3) is 0 Å². The van der Waals surface area contributed by atoms with Crippen molar-refractivity contribution in [3.8, 4) is 0 Å². The van der Waals surface area contributed by atoms with Crippen LogP contribution in [0.2, 0.25) is 0 Å². The second-order valence-electron chi connectivity index (χ2n) is 7.88. The summed E-state index contributed by atoms with van der Waals surface area (Å²) < 4.78 is 14.2. The Kier molecular flexibility index (Phi) is 5.76. The Balaban J connectivity index is 1.67. The van der Waals surface area contributed by atoms with Crippen LogP contribution in [0.5, 0.6) is 0 Å². The van der Waals surface area contributed by atoms with Crippen LogP contribution in [0, 0.1) is 12.7 Å². The van der Waals surface area contributed by atoms with Crippen LogP contribution < -0.4 is 4.90 Å². The summed E-state index contributed by atoms with van der Waals surface area (Å²) in [5, 5.41) is 9.18. The fourth-order valence-electron chi connectivity index (χ4n) is 4.26. The van der Waals surface area contributed by atoms with E-state index in [0.717, 1.165) is 24.1 Å². The van der Waals surface area contributed by atoms with Crippen LogP contribution in [-0.4, -0.2) is 51.5 Å². The Morgan fingerprint density at radius 1 is 1.27 bits per heavy atom. The Labute approximate surface area is 174 Å². The third kappa shape index (κ3) is 3.92. The van der Waals surface area contributed by atoms with Crippen molar-refractivity contribution in [1.82, 2.24) is 14.9 Å². The van der Waals surface area contributed by atoms with Crippen LogP contribution >= 0.6 is 0 Å². The van der Waals surface area contributed by atoms with Gasteiger partial charge < -0.3 is 10.0 Å². The van der Waals surface area contributed by atoms with Crippen molar-refractivity contribution in [2.45, 2.75) is 45.1 Å². The van der Waals surface area contributed by atoms with E-state index in [0.29, 0.717) is 43.1 Å². The van der Waals surface area contributed by atoms with E-state index in [1.165, 1.54) is 6.07 Å². The molecule has 1 fully saturated rings. The number of benzene rings is 1. The maximum atomic E-state index is 14.2.